The number of esters is 1. The summed E-state index contributed by atoms with van der Waals surface area (Å²) in [6.45, 7) is 5.23. The van der Waals surface area contributed by atoms with Crippen LogP contribution in [0, 0.1) is 5.92 Å². The average Bonchev–Trinajstić information content (AvgIpc) is 3.10. The van der Waals surface area contributed by atoms with Crippen molar-refractivity contribution < 1.29 is 9.53 Å². The summed E-state index contributed by atoms with van der Waals surface area (Å²) in [5, 5.41) is 0. The molecule has 0 radical (unpaired) electrons. The van der Waals surface area contributed by atoms with E-state index in [1.54, 1.807) is 6.07 Å². The van der Waals surface area contributed by atoms with E-state index in [0.29, 0.717) is 11.5 Å². The molecule has 0 atom stereocenters. The minimum Gasteiger partial charge on any atom is -0.465 e. The van der Waals surface area contributed by atoms with Crippen molar-refractivity contribution in [1.82, 2.24) is 9.55 Å². The first kappa shape index (κ1) is 18.9. The average molecular weight is 384 g/mol. The van der Waals surface area contributed by atoms with Gasteiger partial charge in [0.15, 0.2) is 0 Å². The summed E-state index contributed by atoms with van der Waals surface area (Å²) in [5.74, 6) is 1.02. The van der Waals surface area contributed by atoms with Gasteiger partial charge in [0.25, 0.3) is 0 Å². The van der Waals surface area contributed by atoms with Gasteiger partial charge in [0, 0.05) is 12.1 Å². The Morgan fingerprint density at radius 2 is 1.66 bits per heavy atom. The van der Waals surface area contributed by atoms with Crippen LogP contribution in [0.15, 0.2) is 72.8 Å². The summed E-state index contributed by atoms with van der Waals surface area (Å²) in [4.78, 5) is 16.9. The van der Waals surface area contributed by atoms with Gasteiger partial charge in [-0.05, 0) is 35.2 Å². The van der Waals surface area contributed by atoms with Crippen molar-refractivity contribution in [3.63, 3.8) is 0 Å². The quantitative estimate of drug-likeness (QED) is 0.408. The number of imidazole rings is 1. The highest BCUT2D eigenvalue weighted by atomic mass is 16.5. The second kappa shape index (κ2) is 7.92. The molecule has 0 aliphatic carbocycles. The first-order chi connectivity index (χ1) is 14.1. The Morgan fingerprint density at radius 3 is 2.34 bits per heavy atom. The van der Waals surface area contributed by atoms with E-state index in [9.17, 15) is 4.79 Å². The predicted octanol–water partition coefficient (Wildman–Crippen LogP) is 5.81. The summed E-state index contributed by atoms with van der Waals surface area (Å²) in [6.07, 6.45) is 0. The molecule has 0 fully saturated rings. The molecule has 3 aromatic carbocycles. The summed E-state index contributed by atoms with van der Waals surface area (Å²) in [7, 11) is 1.39. The van der Waals surface area contributed by atoms with Crippen LogP contribution in [-0.2, 0) is 11.3 Å². The first-order valence-corrected chi connectivity index (χ1v) is 9.82. The molecule has 4 rings (SSSR count). The number of ether oxygens (including phenoxy) is 1. The summed E-state index contributed by atoms with van der Waals surface area (Å²) in [5.41, 5.74) is 5.70. The fourth-order valence-corrected chi connectivity index (χ4v) is 3.68. The number of nitrogens with zero attached hydrogens (tertiary/aromatic N) is 2. The molecule has 0 saturated carbocycles. The van der Waals surface area contributed by atoms with E-state index >= 15 is 0 Å². The van der Waals surface area contributed by atoms with Crippen molar-refractivity contribution in [2.45, 2.75) is 20.4 Å². The largest absolute Gasteiger partial charge is 0.465 e. The van der Waals surface area contributed by atoms with Crippen molar-refractivity contribution >= 4 is 17.0 Å². The smallest absolute Gasteiger partial charge is 0.337 e. The van der Waals surface area contributed by atoms with Crippen LogP contribution in [0.1, 0.15) is 24.2 Å². The normalized spacial score (nSPS) is 11.2. The number of carbonyl (C=O) groups excluding carboxylic acids is 1. The molecule has 0 bridgehead atoms. The van der Waals surface area contributed by atoms with Crippen molar-refractivity contribution in [2.75, 3.05) is 7.11 Å². The molecule has 0 aliphatic rings. The minimum atomic E-state index is -0.350. The first-order valence-electron chi connectivity index (χ1n) is 9.82. The predicted molar refractivity (Wildman–Crippen MR) is 117 cm³/mol. The Morgan fingerprint density at radius 1 is 0.966 bits per heavy atom. The maximum Gasteiger partial charge on any atom is 0.337 e. The van der Waals surface area contributed by atoms with Gasteiger partial charge in [-0.3, -0.25) is 0 Å². The van der Waals surface area contributed by atoms with E-state index < -0.39 is 0 Å². The van der Waals surface area contributed by atoms with E-state index in [2.05, 4.69) is 48.7 Å². The Hall–Kier alpha value is -3.40. The molecule has 0 spiro atoms. The number of aromatic nitrogens is 2. The van der Waals surface area contributed by atoms with Crippen LogP contribution in [0.4, 0.5) is 0 Å². The lowest BCUT2D eigenvalue weighted by atomic mass is 9.99. The third-order valence-electron chi connectivity index (χ3n) is 4.97. The van der Waals surface area contributed by atoms with E-state index in [4.69, 9.17) is 9.72 Å². The van der Waals surface area contributed by atoms with Crippen LogP contribution < -0.4 is 0 Å². The lowest BCUT2D eigenvalue weighted by Crippen LogP contribution is -2.07. The highest BCUT2D eigenvalue weighted by Crippen LogP contribution is 2.34. The van der Waals surface area contributed by atoms with E-state index in [1.807, 2.05) is 36.4 Å². The van der Waals surface area contributed by atoms with Gasteiger partial charge in [-0.1, -0.05) is 68.4 Å². The molecule has 146 valence electrons. The standard InChI is InChI=1S/C25H24N2O2/c1-17(2)16-27-23-14-13-19(25(28)29-3)15-22(23)26-24(27)21-12-8-7-11-20(21)18-9-5-4-6-10-18/h4-15,17H,16H2,1-3H3. The Bertz CT molecular complexity index is 1160. The molecule has 0 unspecified atom stereocenters. The van der Waals surface area contributed by atoms with Gasteiger partial charge >= 0.3 is 5.97 Å². The lowest BCUT2D eigenvalue weighted by Gasteiger charge is -2.14. The molecule has 0 saturated heterocycles. The number of hydrogen-bond acceptors (Lipinski definition) is 3. The number of benzene rings is 3. The molecule has 4 nitrogen and oxygen atoms in total. The second-order valence-electron chi connectivity index (χ2n) is 7.55. The van der Waals surface area contributed by atoms with Crippen LogP contribution >= 0.6 is 0 Å². The molecular formula is C25H24N2O2. The fraction of sp³-hybridized carbons (Fsp3) is 0.200. The Balaban J connectivity index is 1.95. The molecule has 1 heterocycles. The molecule has 4 heteroatoms. The van der Waals surface area contributed by atoms with Crippen molar-refractivity contribution in [2.24, 2.45) is 5.92 Å². The van der Waals surface area contributed by atoms with Crippen LogP contribution in [0.25, 0.3) is 33.5 Å². The van der Waals surface area contributed by atoms with Crippen LogP contribution in [0.5, 0.6) is 0 Å². The van der Waals surface area contributed by atoms with E-state index in [0.717, 1.165) is 40.1 Å². The van der Waals surface area contributed by atoms with Gasteiger partial charge in [0.05, 0.1) is 23.7 Å². The fourth-order valence-electron chi connectivity index (χ4n) is 3.68. The SMILES string of the molecule is COC(=O)c1ccc2c(c1)nc(-c1ccccc1-c1ccccc1)n2CC(C)C. The van der Waals surface area contributed by atoms with Crippen molar-refractivity contribution in [3.05, 3.63) is 78.4 Å². The summed E-state index contributed by atoms with van der Waals surface area (Å²) >= 11 is 0. The topological polar surface area (TPSA) is 44.1 Å². The lowest BCUT2D eigenvalue weighted by molar-refractivity contribution is 0.0601. The Kier molecular flexibility index (Phi) is 5.17. The zero-order chi connectivity index (χ0) is 20.4. The van der Waals surface area contributed by atoms with Crippen molar-refractivity contribution in [3.8, 4) is 22.5 Å². The van der Waals surface area contributed by atoms with Gasteiger partial charge in [0.2, 0.25) is 0 Å². The summed E-state index contributed by atoms with van der Waals surface area (Å²) in [6, 6.07) is 24.3. The zero-order valence-corrected chi connectivity index (χ0v) is 16.9. The van der Waals surface area contributed by atoms with Crippen LogP contribution in [0.3, 0.4) is 0 Å². The van der Waals surface area contributed by atoms with Gasteiger partial charge in [0.1, 0.15) is 5.82 Å². The van der Waals surface area contributed by atoms with Gasteiger partial charge < -0.3 is 9.30 Å². The minimum absolute atomic E-state index is 0.350. The molecule has 0 amide bonds. The molecule has 0 N–H and O–H groups in total. The summed E-state index contributed by atoms with van der Waals surface area (Å²) < 4.78 is 7.13. The number of fused-ring (bicyclic) bond motifs is 1. The van der Waals surface area contributed by atoms with Crippen molar-refractivity contribution in [1.29, 1.82) is 0 Å². The zero-order valence-electron chi connectivity index (χ0n) is 16.9. The second-order valence-corrected chi connectivity index (χ2v) is 7.55. The molecule has 4 aromatic rings. The third-order valence-corrected chi connectivity index (χ3v) is 4.97. The molecule has 29 heavy (non-hydrogen) atoms. The maximum atomic E-state index is 12.0. The third kappa shape index (κ3) is 3.66. The number of hydrogen-bond donors (Lipinski definition) is 0. The van der Waals surface area contributed by atoms with Gasteiger partial charge in [-0.25, -0.2) is 9.78 Å². The van der Waals surface area contributed by atoms with Crippen LogP contribution in [-0.4, -0.2) is 22.6 Å². The van der Waals surface area contributed by atoms with E-state index in [-0.39, 0.29) is 5.97 Å². The molecular weight excluding hydrogens is 360 g/mol. The van der Waals surface area contributed by atoms with Crippen LogP contribution in [0.2, 0.25) is 0 Å². The maximum absolute atomic E-state index is 12.0. The van der Waals surface area contributed by atoms with Gasteiger partial charge in [-0.2, -0.15) is 0 Å². The van der Waals surface area contributed by atoms with E-state index in [1.165, 1.54) is 7.11 Å². The monoisotopic (exact) mass is 384 g/mol. The highest BCUT2D eigenvalue weighted by Gasteiger charge is 2.18. The van der Waals surface area contributed by atoms with Gasteiger partial charge in [-0.15, -0.1) is 0 Å². The number of methoxy groups -OCH3 is 1. The number of carbonyl (C=O) groups is 1. The highest BCUT2D eigenvalue weighted by molar-refractivity contribution is 5.95. The molecule has 0 aliphatic heterocycles. The molecule has 1 aromatic heterocycles. The number of rotatable bonds is 5. The Labute approximate surface area is 170 Å².